The number of aryl methyl sites for hydroxylation is 3. The maximum atomic E-state index is 6.10. The largest absolute Gasteiger partial charge is 0.490 e. The third-order valence-corrected chi connectivity index (χ3v) is 4.16. The van der Waals surface area contributed by atoms with Gasteiger partial charge in [-0.3, -0.25) is 0 Å². The minimum Gasteiger partial charge on any atom is -0.490 e. The second-order valence-electron chi connectivity index (χ2n) is 6.29. The Kier molecular flexibility index (Phi) is 6.48. The van der Waals surface area contributed by atoms with Crippen molar-refractivity contribution in [2.75, 3.05) is 13.2 Å². The van der Waals surface area contributed by atoms with Gasteiger partial charge in [0.15, 0.2) is 0 Å². The average molecular weight is 324 g/mol. The van der Waals surface area contributed by atoms with Gasteiger partial charge in [-0.2, -0.15) is 0 Å². The van der Waals surface area contributed by atoms with Crippen LogP contribution in [0.15, 0.2) is 48.0 Å². The number of hydrogen-bond donors (Lipinski definition) is 0. The summed E-state index contributed by atoms with van der Waals surface area (Å²) in [5.74, 6) is 1.87. The molecule has 0 atom stereocenters. The molecule has 2 nitrogen and oxygen atoms in total. The first-order valence-electron chi connectivity index (χ1n) is 8.61. The predicted molar refractivity (Wildman–Crippen MR) is 101 cm³/mol. The maximum Gasteiger partial charge on any atom is 0.125 e. The van der Waals surface area contributed by atoms with Crippen molar-refractivity contribution in [3.63, 3.8) is 0 Å². The molecule has 0 N–H and O–H groups in total. The lowest BCUT2D eigenvalue weighted by Crippen LogP contribution is -2.08. The van der Waals surface area contributed by atoms with Gasteiger partial charge in [-0.15, -0.1) is 0 Å². The molecule has 0 aromatic heterocycles. The molecule has 0 aliphatic rings. The zero-order chi connectivity index (χ0) is 17.5. The number of benzene rings is 2. The topological polar surface area (TPSA) is 18.5 Å². The van der Waals surface area contributed by atoms with Crippen LogP contribution in [0, 0.1) is 20.8 Å². The van der Waals surface area contributed by atoms with Gasteiger partial charge in [0.1, 0.15) is 24.7 Å². The molecule has 0 aliphatic heterocycles. The molecule has 0 spiro atoms. The van der Waals surface area contributed by atoms with Gasteiger partial charge in [-0.05, 0) is 57.4 Å². The van der Waals surface area contributed by atoms with Gasteiger partial charge in [-0.25, -0.2) is 0 Å². The van der Waals surface area contributed by atoms with Gasteiger partial charge >= 0.3 is 0 Å². The van der Waals surface area contributed by atoms with Crippen LogP contribution < -0.4 is 4.74 Å². The smallest absolute Gasteiger partial charge is 0.125 e. The van der Waals surface area contributed by atoms with Gasteiger partial charge < -0.3 is 9.47 Å². The summed E-state index contributed by atoms with van der Waals surface area (Å²) in [5, 5.41) is 0. The van der Waals surface area contributed by atoms with Crippen molar-refractivity contribution in [2.24, 2.45) is 0 Å². The first-order chi connectivity index (χ1) is 11.5. The van der Waals surface area contributed by atoms with E-state index in [1.54, 1.807) is 0 Å². The van der Waals surface area contributed by atoms with E-state index in [9.17, 15) is 0 Å². The van der Waals surface area contributed by atoms with E-state index < -0.39 is 0 Å². The average Bonchev–Trinajstić information content (AvgIpc) is 2.57. The molecule has 0 bridgehead atoms. The predicted octanol–water partition coefficient (Wildman–Crippen LogP) is 5.85. The molecular formula is C22H28O2. The van der Waals surface area contributed by atoms with Crippen LogP contribution in [0.2, 0.25) is 0 Å². The highest BCUT2D eigenvalue weighted by molar-refractivity contribution is 5.66. The van der Waals surface area contributed by atoms with E-state index in [0.717, 1.165) is 17.9 Å². The third-order valence-electron chi connectivity index (χ3n) is 4.16. The van der Waals surface area contributed by atoms with Crippen molar-refractivity contribution >= 4 is 5.76 Å². The Morgan fingerprint density at radius 2 is 1.54 bits per heavy atom. The van der Waals surface area contributed by atoms with Gasteiger partial charge in [0.25, 0.3) is 0 Å². The van der Waals surface area contributed by atoms with Crippen LogP contribution in [0.3, 0.4) is 0 Å². The summed E-state index contributed by atoms with van der Waals surface area (Å²) in [4.78, 5) is 0. The molecule has 128 valence electrons. The molecule has 2 aromatic rings. The highest BCUT2D eigenvalue weighted by Crippen LogP contribution is 2.26. The Balaban J connectivity index is 2.01. The second-order valence-corrected chi connectivity index (χ2v) is 6.29. The maximum absolute atomic E-state index is 6.10. The molecule has 0 aliphatic carbocycles. The molecule has 0 saturated carbocycles. The lowest BCUT2D eigenvalue weighted by Gasteiger charge is -2.17. The molecule has 2 aromatic carbocycles. The lowest BCUT2D eigenvalue weighted by molar-refractivity contribution is 0.193. The Hall–Kier alpha value is -2.22. The first kappa shape index (κ1) is 18.1. The second kappa shape index (κ2) is 8.58. The van der Waals surface area contributed by atoms with Crippen LogP contribution in [0.1, 0.15) is 42.5 Å². The summed E-state index contributed by atoms with van der Waals surface area (Å²) in [6.45, 7) is 11.7. The van der Waals surface area contributed by atoms with E-state index in [1.165, 1.54) is 27.8 Å². The fourth-order valence-corrected chi connectivity index (χ4v) is 2.60. The zero-order valence-electron chi connectivity index (χ0n) is 15.5. The molecule has 2 rings (SSSR count). The molecule has 2 heteroatoms. The zero-order valence-corrected chi connectivity index (χ0v) is 15.5. The fraction of sp³-hybridized carbons (Fsp3) is 0.364. The minimum atomic E-state index is 0.536. The Morgan fingerprint density at radius 3 is 2.17 bits per heavy atom. The lowest BCUT2D eigenvalue weighted by atomic mass is 10.0. The van der Waals surface area contributed by atoms with Crippen molar-refractivity contribution in [1.82, 2.24) is 0 Å². The summed E-state index contributed by atoms with van der Waals surface area (Å²) in [6, 6.07) is 14.6. The Morgan fingerprint density at radius 1 is 0.875 bits per heavy atom. The number of rotatable bonds is 7. The third kappa shape index (κ3) is 4.89. The molecule has 24 heavy (non-hydrogen) atoms. The molecular weight excluding hydrogens is 296 g/mol. The SMILES string of the molecule is CC/C(C)=C(\OCCOc1ccc(C)cc1)c1ccc(C)cc1C. The first-order valence-corrected chi connectivity index (χ1v) is 8.61. The molecule has 0 radical (unpaired) electrons. The van der Waals surface area contributed by atoms with Crippen molar-refractivity contribution in [1.29, 1.82) is 0 Å². The van der Waals surface area contributed by atoms with E-state index >= 15 is 0 Å². The van der Waals surface area contributed by atoms with Crippen molar-refractivity contribution in [2.45, 2.75) is 41.0 Å². The van der Waals surface area contributed by atoms with Crippen molar-refractivity contribution < 1.29 is 9.47 Å². The highest BCUT2D eigenvalue weighted by atomic mass is 16.5. The molecule has 0 heterocycles. The van der Waals surface area contributed by atoms with E-state index in [0.29, 0.717) is 13.2 Å². The molecule has 0 saturated heterocycles. The summed E-state index contributed by atoms with van der Waals surface area (Å²) < 4.78 is 11.9. The van der Waals surface area contributed by atoms with Gasteiger partial charge in [0, 0.05) is 5.56 Å². The van der Waals surface area contributed by atoms with E-state index in [1.807, 2.05) is 12.1 Å². The number of allylic oxidation sites excluding steroid dienone is 1. The van der Waals surface area contributed by atoms with Crippen LogP contribution in [0.5, 0.6) is 5.75 Å². The van der Waals surface area contributed by atoms with Crippen LogP contribution in [-0.4, -0.2) is 13.2 Å². The molecule has 0 unspecified atom stereocenters. The Bertz CT molecular complexity index is 696. The normalized spacial score (nSPS) is 11.9. The fourth-order valence-electron chi connectivity index (χ4n) is 2.60. The van der Waals surface area contributed by atoms with E-state index in [4.69, 9.17) is 9.47 Å². The van der Waals surface area contributed by atoms with Gasteiger partial charge in [0.2, 0.25) is 0 Å². The number of hydrogen-bond acceptors (Lipinski definition) is 2. The number of ether oxygens (including phenoxy) is 2. The van der Waals surface area contributed by atoms with Crippen molar-refractivity contribution in [3.8, 4) is 5.75 Å². The van der Waals surface area contributed by atoms with Crippen LogP contribution in [0.4, 0.5) is 0 Å². The highest BCUT2D eigenvalue weighted by Gasteiger charge is 2.10. The summed E-state index contributed by atoms with van der Waals surface area (Å²) >= 11 is 0. The summed E-state index contributed by atoms with van der Waals surface area (Å²) in [6.07, 6.45) is 0.974. The van der Waals surface area contributed by atoms with E-state index in [2.05, 4.69) is 65.0 Å². The van der Waals surface area contributed by atoms with E-state index in [-0.39, 0.29) is 0 Å². The molecule has 0 fully saturated rings. The monoisotopic (exact) mass is 324 g/mol. The van der Waals surface area contributed by atoms with Gasteiger partial charge in [-0.1, -0.05) is 48.4 Å². The van der Waals surface area contributed by atoms with Gasteiger partial charge in [0.05, 0.1) is 0 Å². The van der Waals surface area contributed by atoms with Crippen LogP contribution in [0.25, 0.3) is 5.76 Å². The van der Waals surface area contributed by atoms with Crippen LogP contribution in [-0.2, 0) is 4.74 Å². The van der Waals surface area contributed by atoms with Crippen LogP contribution >= 0.6 is 0 Å². The minimum absolute atomic E-state index is 0.536. The summed E-state index contributed by atoms with van der Waals surface area (Å²) in [5.41, 5.74) is 6.19. The summed E-state index contributed by atoms with van der Waals surface area (Å²) in [7, 11) is 0. The van der Waals surface area contributed by atoms with Crippen molar-refractivity contribution in [3.05, 3.63) is 70.3 Å². The molecule has 0 amide bonds. The Labute approximate surface area is 146 Å². The standard InChI is InChI=1S/C22H28O2/c1-6-18(4)22(21-12-9-17(3)15-19(21)5)24-14-13-23-20-10-7-16(2)8-11-20/h7-12,15H,6,13-14H2,1-5H3/b22-18-. The quantitative estimate of drug-likeness (QED) is 0.470.